The van der Waals surface area contributed by atoms with E-state index in [1.165, 1.54) is 0 Å². The Morgan fingerprint density at radius 1 is 1.53 bits per heavy atom. The number of furan rings is 1. The van der Waals surface area contributed by atoms with E-state index in [1.807, 2.05) is 31.2 Å². The molecule has 4 heteroatoms. The maximum atomic E-state index is 8.74. The molecule has 17 heavy (non-hydrogen) atoms. The molecule has 0 radical (unpaired) electrons. The third kappa shape index (κ3) is 2.92. The lowest BCUT2D eigenvalue weighted by Crippen LogP contribution is -2.17. The van der Waals surface area contributed by atoms with E-state index in [2.05, 4.69) is 10.3 Å². The number of nitrogens with zero attached hydrogens (tertiary/aromatic N) is 2. The molecular formula is C13H13N3O. The molecule has 0 saturated carbocycles. The van der Waals surface area contributed by atoms with E-state index in [-0.39, 0.29) is 6.04 Å². The molecule has 1 N–H and O–H groups in total. The van der Waals surface area contributed by atoms with Gasteiger partial charge in [-0.2, -0.15) is 5.26 Å². The quantitative estimate of drug-likeness (QED) is 0.871. The highest BCUT2D eigenvalue weighted by molar-refractivity contribution is 5.25. The summed E-state index contributed by atoms with van der Waals surface area (Å²) in [6.07, 6.45) is 3.31. The zero-order valence-corrected chi connectivity index (χ0v) is 9.55. The van der Waals surface area contributed by atoms with Crippen LogP contribution in [0.2, 0.25) is 0 Å². The van der Waals surface area contributed by atoms with Gasteiger partial charge in [0.1, 0.15) is 17.5 Å². The van der Waals surface area contributed by atoms with Gasteiger partial charge in [-0.15, -0.1) is 0 Å². The molecule has 2 aromatic heterocycles. The Bertz CT molecular complexity index is 514. The van der Waals surface area contributed by atoms with Gasteiger partial charge >= 0.3 is 0 Å². The highest BCUT2D eigenvalue weighted by Gasteiger charge is 2.07. The number of hydrogen-bond acceptors (Lipinski definition) is 4. The molecule has 2 rings (SSSR count). The van der Waals surface area contributed by atoms with Crippen molar-refractivity contribution in [3.8, 4) is 6.07 Å². The average Bonchev–Trinajstić information content (AvgIpc) is 2.90. The molecule has 0 bridgehead atoms. The summed E-state index contributed by atoms with van der Waals surface area (Å²) >= 11 is 0. The molecule has 2 heterocycles. The van der Waals surface area contributed by atoms with Crippen molar-refractivity contribution in [1.82, 2.24) is 10.3 Å². The van der Waals surface area contributed by atoms with Gasteiger partial charge in [0.25, 0.3) is 0 Å². The molecule has 0 aliphatic rings. The average molecular weight is 227 g/mol. The molecule has 1 atom stereocenters. The van der Waals surface area contributed by atoms with Crippen LogP contribution in [0.15, 0.2) is 41.1 Å². The standard InChI is InChI=1S/C13H13N3O/c1-10(13-3-2-6-17-13)16-9-11-4-5-15-12(7-11)8-14/h2-7,10,16H,9H2,1H3/t10-/m0/s1. The molecule has 0 amide bonds. The van der Waals surface area contributed by atoms with Crippen LogP contribution in [0.4, 0.5) is 0 Å². The van der Waals surface area contributed by atoms with E-state index in [4.69, 9.17) is 9.68 Å². The minimum absolute atomic E-state index is 0.142. The molecule has 0 aliphatic carbocycles. The van der Waals surface area contributed by atoms with Gasteiger partial charge in [0, 0.05) is 12.7 Å². The zero-order chi connectivity index (χ0) is 12.1. The summed E-state index contributed by atoms with van der Waals surface area (Å²) in [6.45, 7) is 2.71. The van der Waals surface area contributed by atoms with Crippen molar-refractivity contribution in [1.29, 1.82) is 5.26 Å². The SMILES string of the molecule is C[C@H](NCc1ccnc(C#N)c1)c1ccco1. The highest BCUT2D eigenvalue weighted by Crippen LogP contribution is 2.13. The van der Waals surface area contributed by atoms with Crippen molar-refractivity contribution in [2.24, 2.45) is 0 Å². The molecule has 0 fully saturated rings. The number of nitriles is 1. The first-order valence-electron chi connectivity index (χ1n) is 5.41. The summed E-state index contributed by atoms with van der Waals surface area (Å²) in [4.78, 5) is 3.93. The predicted octanol–water partition coefficient (Wildman–Crippen LogP) is 2.40. The fourth-order valence-electron chi connectivity index (χ4n) is 1.55. The van der Waals surface area contributed by atoms with Gasteiger partial charge in [-0.1, -0.05) is 0 Å². The highest BCUT2D eigenvalue weighted by atomic mass is 16.3. The summed E-state index contributed by atoms with van der Waals surface area (Å²) in [5.74, 6) is 0.902. The minimum Gasteiger partial charge on any atom is -0.468 e. The van der Waals surface area contributed by atoms with Gasteiger partial charge in [0.15, 0.2) is 0 Å². The van der Waals surface area contributed by atoms with Gasteiger partial charge in [-0.05, 0) is 36.8 Å². The van der Waals surface area contributed by atoms with Crippen LogP contribution in [0, 0.1) is 11.3 Å². The molecule has 2 aromatic rings. The monoisotopic (exact) mass is 227 g/mol. The van der Waals surface area contributed by atoms with Crippen LogP contribution in [0.5, 0.6) is 0 Å². The molecule has 0 unspecified atom stereocenters. The maximum Gasteiger partial charge on any atom is 0.140 e. The van der Waals surface area contributed by atoms with Crippen molar-refractivity contribution >= 4 is 0 Å². The number of hydrogen-bond donors (Lipinski definition) is 1. The molecule has 86 valence electrons. The lowest BCUT2D eigenvalue weighted by atomic mass is 10.2. The topological polar surface area (TPSA) is 61.9 Å². The Labute approximate surface area is 99.9 Å². The Balaban J connectivity index is 1.96. The first kappa shape index (κ1) is 11.4. The van der Waals surface area contributed by atoms with E-state index in [0.29, 0.717) is 12.2 Å². The van der Waals surface area contributed by atoms with Crippen molar-refractivity contribution in [3.05, 3.63) is 53.7 Å². The van der Waals surface area contributed by atoms with E-state index < -0.39 is 0 Å². The van der Waals surface area contributed by atoms with Gasteiger partial charge in [0.2, 0.25) is 0 Å². The van der Waals surface area contributed by atoms with E-state index >= 15 is 0 Å². The van der Waals surface area contributed by atoms with Crippen LogP contribution < -0.4 is 5.32 Å². The number of nitrogens with one attached hydrogen (secondary N) is 1. The summed E-state index contributed by atoms with van der Waals surface area (Å²) in [6, 6.07) is 9.64. The molecule has 0 spiro atoms. The second-order valence-corrected chi connectivity index (χ2v) is 3.78. The van der Waals surface area contributed by atoms with Crippen LogP contribution in [-0.4, -0.2) is 4.98 Å². The first-order valence-corrected chi connectivity index (χ1v) is 5.41. The van der Waals surface area contributed by atoms with E-state index in [0.717, 1.165) is 11.3 Å². The smallest absolute Gasteiger partial charge is 0.140 e. The van der Waals surface area contributed by atoms with Crippen LogP contribution in [0.25, 0.3) is 0 Å². The summed E-state index contributed by atoms with van der Waals surface area (Å²) in [7, 11) is 0. The lowest BCUT2D eigenvalue weighted by Gasteiger charge is -2.11. The van der Waals surface area contributed by atoms with Gasteiger partial charge in [-0.3, -0.25) is 0 Å². The van der Waals surface area contributed by atoms with Crippen molar-refractivity contribution in [2.45, 2.75) is 19.5 Å². The van der Waals surface area contributed by atoms with Crippen LogP contribution >= 0.6 is 0 Å². The Kier molecular flexibility index (Phi) is 3.53. The van der Waals surface area contributed by atoms with Crippen molar-refractivity contribution < 1.29 is 4.42 Å². The predicted molar refractivity (Wildman–Crippen MR) is 62.9 cm³/mol. The second-order valence-electron chi connectivity index (χ2n) is 3.78. The minimum atomic E-state index is 0.142. The second kappa shape index (κ2) is 5.28. The maximum absolute atomic E-state index is 8.74. The van der Waals surface area contributed by atoms with Crippen molar-refractivity contribution in [2.75, 3.05) is 0 Å². The molecule has 0 saturated heterocycles. The van der Waals surface area contributed by atoms with Gasteiger partial charge < -0.3 is 9.73 Å². The molecular weight excluding hydrogens is 214 g/mol. The van der Waals surface area contributed by atoms with Crippen LogP contribution in [0.3, 0.4) is 0 Å². The van der Waals surface area contributed by atoms with E-state index in [9.17, 15) is 0 Å². The normalized spacial score (nSPS) is 12.0. The number of aromatic nitrogens is 1. The summed E-state index contributed by atoms with van der Waals surface area (Å²) in [5.41, 5.74) is 1.48. The number of pyridine rings is 1. The molecule has 0 aromatic carbocycles. The summed E-state index contributed by atoms with van der Waals surface area (Å²) < 4.78 is 5.30. The third-order valence-electron chi connectivity index (χ3n) is 2.52. The molecule has 4 nitrogen and oxygen atoms in total. The van der Waals surface area contributed by atoms with Crippen LogP contribution in [-0.2, 0) is 6.54 Å². The van der Waals surface area contributed by atoms with Crippen molar-refractivity contribution in [3.63, 3.8) is 0 Å². The molecule has 0 aliphatic heterocycles. The van der Waals surface area contributed by atoms with E-state index in [1.54, 1.807) is 18.5 Å². The first-order chi connectivity index (χ1) is 8.29. The Morgan fingerprint density at radius 3 is 3.12 bits per heavy atom. The third-order valence-corrected chi connectivity index (χ3v) is 2.52. The lowest BCUT2D eigenvalue weighted by molar-refractivity contribution is 0.430. The van der Waals surface area contributed by atoms with Crippen LogP contribution in [0.1, 0.15) is 30.0 Å². The fraction of sp³-hybridized carbons (Fsp3) is 0.231. The zero-order valence-electron chi connectivity index (χ0n) is 9.55. The van der Waals surface area contributed by atoms with Gasteiger partial charge in [-0.25, -0.2) is 4.98 Å². The fourth-order valence-corrected chi connectivity index (χ4v) is 1.55. The summed E-state index contributed by atoms with van der Waals surface area (Å²) in [5, 5.41) is 12.1. The number of rotatable bonds is 4. The Morgan fingerprint density at radius 2 is 2.41 bits per heavy atom. The largest absolute Gasteiger partial charge is 0.468 e. The Hall–Kier alpha value is -2.12. The van der Waals surface area contributed by atoms with Gasteiger partial charge in [0.05, 0.1) is 12.3 Å².